The van der Waals surface area contributed by atoms with Gasteiger partial charge in [0.25, 0.3) is 0 Å². The maximum atomic E-state index is 12.0. The van der Waals surface area contributed by atoms with E-state index in [1.54, 1.807) is 0 Å². The fraction of sp³-hybridized carbons (Fsp3) is 0.556. The van der Waals surface area contributed by atoms with Crippen molar-refractivity contribution in [1.29, 1.82) is 0 Å². The first-order valence-corrected chi connectivity index (χ1v) is 5.78. The highest BCUT2D eigenvalue weighted by Gasteiger charge is 2.26. The smallest absolute Gasteiger partial charge is 0.369 e. The zero-order valence-corrected chi connectivity index (χ0v) is 10.7. The highest BCUT2D eigenvalue weighted by Crippen LogP contribution is 2.27. The molecule has 0 unspecified atom stereocenters. The standard InChI is InChI=1S/C9H12BrF3N4/c1-2-14-7-6(10)8(17-5-16-7)15-4-3-9(11,12)13/h5H,2-4H2,1H3,(H2,14,15,16,17). The molecule has 0 bridgehead atoms. The fourth-order valence-corrected chi connectivity index (χ4v) is 1.59. The molecule has 0 saturated carbocycles. The second-order valence-corrected chi connectivity index (χ2v) is 4.00. The molecule has 0 radical (unpaired) electrons. The van der Waals surface area contributed by atoms with Crippen molar-refractivity contribution in [3.05, 3.63) is 10.8 Å². The van der Waals surface area contributed by atoms with E-state index in [1.807, 2.05) is 6.92 Å². The van der Waals surface area contributed by atoms with Crippen LogP contribution >= 0.6 is 15.9 Å². The van der Waals surface area contributed by atoms with E-state index in [1.165, 1.54) is 6.33 Å². The van der Waals surface area contributed by atoms with Gasteiger partial charge in [-0.15, -0.1) is 0 Å². The van der Waals surface area contributed by atoms with Crippen LogP contribution in [0.5, 0.6) is 0 Å². The average Bonchev–Trinajstić information content (AvgIpc) is 2.22. The Bertz CT molecular complexity index is 370. The van der Waals surface area contributed by atoms with E-state index in [0.717, 1.165) is 0 Å². The van der Waals surface area contributed by atoms with Crippen LogP contribution in [0.15, 0.2) is 10.8 Å². The normalized spacial score (nSPS) is 11.4. The van der Waals surface area contributed by atoms with Gasteiger partial charge < -0.3 is 10.6 Å². The van der Waals surface area contributed by atoms with Gasteiger partial charge in [0.05, 0.1) is 6.42 Å². The van der Waals surface area contributed by atoms with Crippen molar-refractivity contribution in [2.24, 2.45) is 0 Å². The molecule has 0 amide bonds. The van der Waals surface area contributed by atoms with Crippen molar-refractivity contribution < 1.29 is 13.2 Å². The molecule has 1 aromatic heterocycles. The van der Waals surface area contributed by atoms with Crippen LogP contribution in [-0.4, -0.2) is 29.2 Å². The Morgan fingerprint density at radius 1 is 1.24 bits per heavy atom. The number of anilines is 2. The predicted octanol–water partition coefficient (Wildman–Crippen LogP) is 3.04. The van der Waals surface area contributed by atoms with Gasteiger partial charge in [0.15, 0.2) is 0 Å². The maximum Gasteiger partial charge on any atom is 0.390 e. The number of nitrogens with zero attached hydrogens (tertiary/aromatic N) is 2. The van der Waals surface area contributed by atoms with Crippen LogP contribution in [0.1, 0.15) is 13.3 Å². The lowest BCUT2D eigenvalue weighted by Crippen LogP contribution is -2.15. The van der Waals surface area contributed by atoms with Crippen molar-refractivity contribution in [3.8, 4) is 0 Å². The third-order valence-electron chi connectivity index (χ3n) is 1.83. The third kappa shape index (κ3) is 4.76. The van der Waals surface area contributed by atoms with Crippen molar-refractivity contribution >= 4 is 27.6 Å². The summed E-state index contributed by atoms with van der Waals surface area (Å²) in [7, 11) is 0. The summed E-state index contributed by atoms with van der Waals surface area (Å²) < 4.78 is 36.4. The SMILES string of the molecule is CCNc1ncnc(NCCC(F)(F)F)c1Br. The van der Waals surface area contributed by atoms with Gasteiger partial charge in [-0.05, 0) is 22.9 Å². The van der Waals surface area contributed by atoms with Gasteiger partial charge in [-0.2, -0.15) is 13.2 Å². The summed E-state index contributed by atoms with van der Waals surface area (Å²) in [4.78, 5) is 7.82. The molecule has 0 aliphatic heterocycles. The molecule has 0 fully saturated rings. The highest BCUT2D eigenvalue weighted by molar-refractivity contribution is 9.10. The first-order valence-electron chi connectivity index (χ1n) is 4.99. The van der Waals surface area contributed by atoms with E-state index < -0.39 is 12.6 Å². The molecule has 0 aliphatic rings. The lowest BCUT2D eigenvalue weighted by molar-refractivity contribution is -0.131. The molecule has 4 nitrogen and oxygen atoms in total. The molecule has 96 valence electrons. The molecule has 1 aromatic rings. The van der Waals surface area contributed by atoms with Gasteiger partial charge in [-0.1, -0.05) is 0 Å². The van der Waals surface area contributed by atoms with Gasteiger partial charge in [0.1, 0.15) is 22.4 Å². The molecule has 0 atom stereocenters. The largest absolute Gasteiger partial charge is 0.390 e. The molecule has 1 heterocycles. The van der Waals surface area contributed by atoms with Crippen molar-refractivity contribution in [2.45, 2.75) is 19.5 Å². The van der Waals surface area contributed by atoms with E-state index >= 15 is 0 Å². The Morgan fingerprint density at radius 3 is 2.35 bits per heavy atom. The summed E-state index contributed by atoms with van der Waals surface area (Å²) in [6.07, 6.45) is -3.78. The molecule has 8 heteroatoms. The molecular weight excluding hydrogens is 301 g/mol. The summed E-state index contributed by atoms with van der Waals surface area (Å²) in [5.74, 6) is 0.900. The van der Waals surface area contributed by atoms with Gasteiger partial charge in [0.2, 0.25) is 0 Å². The quantitative estimate of drug-likeness (QED) is 0.877. The minimum Gasteiger partial charge on any atom is -0.369 e. The summed E-state index contributed by atoms with van der Waals surface area (Å²) in [6.45, 7) is 2.34. The Balaban J connectivity index is 2.62. The molecule has 2 N–H and O–H groups in total. The van der Waals surface area contributed by atoms with Crippen molar-refractivity contribution in [2.75, 3.05) is 23.7 Å². The van der Waals surface area contributed by atoms with E-state index in [2.05, 4.69) is 36.5 Å². The number of rotatable bonds is 5. The number of nitrogens with one attached hydrogen (secondary N) is 2. The van der Waals surface area contributed by atoms with Gasteiger partial charge >= 0.3 is 6.18 Å². The first-order chi connectivity index (χ1) is 7.94. The Kier molecular flexibility index (Phi) is 4.98. The zero-order chi connectivity index (χ0) is 12.9. The lowest BCUT2D eigenvalue weighted by atomic mass is 10.4. The summed E-state index contributed by atoms with van der Waals surface area (Å²) in [5.41, 5.74) is 0. The average molecular weight is 313 g/mol. The van der Waals surface area contributed by atoms with Crippen LogP contribution in [0.4, 0.5) is 24.8 Å². The monoisotopic (exact) mass is 312 g/mol. The summed E-state index contributed by atoms with van der Waals surface area (Å²) in [6, 6.07) is 0. The number of aromatic nitrogens is 2. The Hall–Kier alpha value is -1.05. The molecule has 1 rings (SSSR count). The summed E-state index contributed by atoms with van der Waals surface area (Å²) in [5, 5.41) is 5.57. The first kappa shape index (κ1) is 14.0. The van der Waals surface area contributed by atoms with Crippen molar-refractivity contribution in [1.82, 2.24) is 9.97 Å². The molecule has 0 spiro atoms. The Morgan fingerprint density at radius 2 is 1.82 bits per heavy atom. The van der Waals surface area contributed by atoms with Gasteiger partial charge in [-0.25, -0.2) is 9.97 Å². The molecule has 17 heavy (non-hydrogen) atoms. The summed E-state index contributed by atoms with van der Waals surface area (Å²) >= 11 is 3.23. The molecule has 0 saturated heterocycles. The van der Waals surface area contributed by atoms with E-state index in [9.17, 15) is 13.2 Å². The van der Waals surface area contributed by atoms with E-state index in [0.29, 0.717) is 22.7 Å². The third-order valence-corrected chi connectivity index (χ3v) is 2.59. The number of hydrogen-bond donors (Lipinski definition) is 2. The maximum absolute atomic E-state index is 12.0. The van der Waals surface area contributed by atoms with Crippen molar-refractivity contribution in [3.63, 3.8) is 0 Å². The molecule has 0 aliphatic carbocycles. The minimum absolute atomic E-state index is 0.218. The second-order valence-electron chi connectivity index (χ2n) is 3.21. The topological polar surface area (TPSA) is 49.8 Å². The predicted molar refractivity (Wildman–Crippen MR) is 63.1 cm³/mol. The van der Waals surface area contributed by atoms with Crippen LogP contribution < -0.4 is 10.6 Å². The van der Waals surface area contributed by atoms with Crippen LogP contribution in [0.25, 0.3) is 0 Å². The number of hydrogen-bond acceptors (Lipinski definition) is 4. The van der Waals surface area contributed by atoms with Gasteiger partial charge in [-0.3, -0.25) is 0 Å². The minimum atomic E-state index is -4.17. The molecular formula is C9H12BrF3N4. The number of halogens is 4. The highest BCUT2D eigenvalue weighted by atomic mass is 79.9. The zero-order valence-electron chi connectivity index (χ0n) is 9.10. The molecule has 0 aromatic carbocycles. The van der Waals surface area contributed by atoms with Crippen LogP contribution in [0, 0.1) is 0 Å². The second kappa shape index (κ2) is 6.04. The van der Waals surface area contributed by atoms with Gasteiger partial charge in [0, 0.05) is 13.1 Å². The lowest BCUT2D eigenvalue weighted by Gasteiger charge is -2.11. The van der Waals surface area contributed by atoms with E-state index in [-0.39, 0.29) is 6.54 Å². The van der Waals surface area contributed by atoms with Crippen LogP contribution in [-0.2, 0) is 0 Å². The fourth-order valence-electron chi connectivity index (χ4n) is 1.11. The van der Waals surface area contributed by atoms with Crippen LogP contribution in [0.3, 0.4) is 0 Å². The number of alkyl halides is 3. The Labute approximate surface area is 105 Å². The van der Waals surface area contributed by atoms with Crippen LogP contribution in [0.2, 0.25) is 0 Å². The van der Waals surface area contributed by atoms with E-state index in [4.69, 9.17) is 0 Å².